The SMILES string of the molecule is CC1(C)ON2[C@@H]3C4CC[C@]35CCC[C@H]5[C@@]3(CCCOCc5ccccc5)[C@H]2[C@@H]1CC[C@@]43C. The molecule has 3 saturated heterocycles. The molecule has 6 bridgehead atoms. The molecule has 1 unspecified atom stereocenters. The van der Waals surface area contributed by atoms with Crippen molar-refractivity contribution in [3.8, 4) is 0 Å². The summed E-state index contributed by atoms with van der Waals surface area (Å²) in [5.74, 6) is 2.45. The highest BCUT2D eigenvalue weighted by Crippen LogP contribution is 2.84. The Labute approximate surface area is 194 Å². The maximum atomic E-state index is 6.96. The van der Waals surface area contributed by atoms with Crippen LogP contribution in [-0.4, -0.2) is 29.4 Å². The lowest BCUT2D eigenvalue weighted by molar-refractivity contribution is -0.356. The molecule has 0 amide bonds. The Hall–Kier alpha value is -0.900. The van der Waals surface area contributed by atoms with Gasteiger partial charge in [0.2, 0.25) is 0 Å². The Morgan fingerprint density at radius 2 is 1.78 bits per heavy atom. The molecule has 4 aliphatic carbocycles. The molecule has 8 atom stereocenters. The van der Waals surface area contributed by atoms with Crippen molar-refractivity contribution >= 4 is 0 Å². The fourth-order valence-corrected chi connectivity index (χ4v) is 11.0. The van der Waals surface area contributed by atoms with Gasteiger partial charge >= 0.3 is 0 Å². The van der Waals surface area contributed by atoms with Gasteiger partial charge in [-0.25, -0.2) is 0 Å². The van der Waals surface area contributed by atoms with E-state index in [0.717, 1.165) is 25.0 Å². The van der Waals surface area contributed by atoms with Crippen LogP contribution in [0.4, 0.5) is 0 Å². The lowest BCUT2D eigenvalue weighted by Crippen LogP contribution is -2.79. The number of hydroxylamine groups is 2. The second-order valence-corrected chi connectivity index (χ2v) is 13.0. The average molecular weight is 436 g/mol. The number of hydrogen-bond acceptors (Lipinski definition) is 3. The van der Waals surface area contributed by atoms with Crippen LogP contribution < -0.4 is 0 Å². The van der Waals surface area contributed by atoms with Crippen LogP contribution in [0.1, 0.15) is 84.1 Å². The third kappa shape index (κ3) is 2.25. The molecular weight excluding hydrogens is 394 g/mol. The van der Waals surface area contributed by atoms with Crippen LogP contribution in [0.3, 0.4) is 0 Å². The molecule has 174 valence electrons. The van der Waals surface area contributed by atoms with Crippen LogP contribution in [0.15, 0.2) is 30.3 Å². The molecule has 0 N–H and O–H groups in total. The van der Waals surface area contributed by atoms with E-state index in [9.17, 15) is 0 Å². The highest BCUT2D eigenvalue weighted by molar-refractivity contribution is 5.32. The van der Waals surface area contributed by atoms with Crippen molar-refractivity contribution in [2.24, 2.45) is 34.0 Å². The molecule has 3 heterocycles. The third-order valence-electron chi connectivity index (χ3n) is 11.9. The van der Waals surface area contributed by atoms with Crippen LogP contribution >= 0.6 is 0 Å². The molecule has 3 heteroatoms. The van der Waals surface area contributed by atoms with E-state index in [0.29, 0.717) is 34.2 Å². The summed E-state index contributed by atoms with van der Waals surface area (Å²) < 4.78 is 6.21. The summed E-state index contributed by atoms with van der Waals surface area (Å²) in [6, 6.07) is 12.0. The van der Waals surface area contributed by atoms with Crippen LogP contribution in [0.2, 0.25) is 0 Å². The summed E-state index contributed by atoms with van der Waals surface area (Å²) in [6.07, 6.45) is 12.6. The number of hydrogen-bond donors (Lipinski definition) is 0. The molecule has 7 fully saturated rings. The van der Waals surface area contributed by atoms with E-state index in [1.807, 2.05) is 0 Å². The molecule has 1 aromatic rings. The van der Waals surface area contributed by atoms with Crippen LogP contribution in [0, 0.1) is 34.0 Å². The Balaban J connectivity index is 1.22. The molecule has 0 aromatic heterocycles. The second-order valence-electron chi connectivity index (χ2n) is 13.0. The van der Waals surface area contributed by atoms with Crippen molar-refractivity contribution in [2.75, 3.05) is 6.61 Å². The molecule has 4 saturated carbocycles. The van der Waals surface area contributed by atoms with Gasteiger partial charge in [-0.2, -0.15) is 5.06 Å². The fraction of sp³-hybridized carbons (Fsp3) is 0.793. The Bertz CT molecular complexity index is 900. The van der Waals surface area contributed by atoms with Crippen molar-refractivity contribution in [3.05, 3.63) is 35.9 Å². The van der Waals surface area contributed by atoms with Crippen LogP contribution in [-0.2, 0) is 16.2 Å². The van der Waals surface area contributed by atoms with Gasteiger partial charge < -0.3 is 4.74 Å². The van der Waals surface area contributed by atoms with Gasteiger partial charge in [-0.05, 0) is 98.9 Å². The van der Waals surface area contributed by atoms with Crippen molar-refractivity contribution in [3.63, 3.8) is 0 Å². The highest BCUT2D eigenvalue weighted by atomic mass is 16.7. The zero-order valence-corrected chi connectivity index (χ0v) is 20.3. The molecule has 1 aromatic carbocycles. The maximum Gasteiger partial charge on any atom is 0.0888 e. The molecular formula is C29H41NO2. The summed E-state index contributed by atoms with van der Waals surface area (Å²) in [6.45, 7) is 9.16. The quantitative estimate of drug-likeness (QED) is 0.484. The van der Waals surface area contributed by atoms with Crippen molar-refractivity contribution < 1.29 is 9.57 Å². The van der Waals surface area contributed by atoms with Gasteiger partial charge in [0.05, 0.1) is 12.2 Å². The van der Waals surface area contributed by atoms with Crippen LogP contribution in [0.5, 0.6) is 0 Å². The number of ether oxygens (including phenoxy) is 1. The number of piperidine rings is 2. The first-order valence-electron chi connectivity index (χ1n) is 13.5. The zero-order valence-electron chi connectivity index (χ0n) is 20.3. The Morgan fingerprint density at radius 1 is 0.969 bits per heavy atom. The minimum atomic E-state index is -0.00162. The molecule has 0 radical (unpaired) electrons. The Morgan fingerprint density at radius 3 is 2.62 bits per heavy atom. The van der Waals surface area contributed by atoms with Gasteiger partial charge in [0, 0.05) is 24.6 Å². The lowest BCUT2D eigenvalue weighted by atomic mass is 9.33. The molecule has 8 rings (SSSR count). The van der Waals surface area contributed by atoms with E-state index in [1.54, 1.807) is 0 Å². The van der Waals surface area contributed by atoms with E-state index in [4.69, 9.17) is 9.57 Å². The standard InChI is InChI=1S/C29H41NO2/c1-26(2)21-12-16-27(3)22-13-17-28-14-7-11-23(28)29(27,25(21)30(32-26)24(22)28)15-8-18-31-19-20-9-5-4-6-10-20/h4-6,9-10,21-25H,7-8,11-19H2,1-3H3/t21-,22?,23+,24+,25+,27-,28-,29-/m0/s1. The minimum Gasteiger partial charge on any atom is -0.377 e. The molecule has 1 spiro atoms. The van der Waals surface area contributed by atoms with Gasteiger partial charge in [0.1, 0.15) is 0 Å². The highest BCUT2D eigenvalue weighted by Gasteiger charge is 2.84. The number of rotatable bonds is 6. The molecule has 7 aliphatic rings. The van der Waals surface area contributed by atoms with Crippen molar-refractivity contribution in [1.29, 1.82) is 0 Å². The summed E-state index contributed by atoms with van der Waals surface area (Å²) >= 11 is 0. The van der Waals surface area contributed by atoms with Gasteiger partial charge in [-0.1, -0.05) is 43.7 Å². The third-order valence-corrected chi connectivity index (χ3v) is 11.9. The van der Waals surface area contributed by atoms with Gasteiger partial charge in [-0.3, -0.25) is 4.84 Å². The topological polar surface area (TPSA) is 21.7 Å². The smallest absolute Gasteiger partial charge is 0.0888 e. The predicted molar refractivity (Wildman–Crippen MR) is 126 cm³/mol. The monoisotopic (exact) mass is 435 g/mol. The molecule has 3 nitrogen and oxygen atoms in total. The fourth-order valence-electron chi connectivity index (χ4n) is 11.0. The normalized spacial score (nSPS) is 49.5. The summed E-state index contributed by atoms with van der Waals surface area (Å²) in [4.78, 5) is 6.96. The first-order valence-corrected chi connectivity index (χ1v) is 13.5. The minimum absolute atomic E-state index is 0.00162. The van der Waals surface area contributed by atoms with E-state index < -0.39 is 0 Å². The van der Waals surface area contributed by atoms with E-state index in [2.05, 4.69) is 56.2 Å². The van der Waals surface area contributed by atoms with Crippen molar-refractivity contribution in [2.45, 2.75) is 103 Å². The van der Waals surface area contributed by atoms with E-state index in [-0.39, 0.29) is 5.60 Å². The van der Waals surface area contributed by atoms with Gasteiger partial charge in [0.25, 0.3) is 0 Å². The molecule has 32 heavy (non-hydrogen) atoms. The first kappa shape index (κ1) is 20.5. The van der Waals surface area contributed by atoms with Gasteiger partial charge in [0.15, 0.2) is 0 Å². The molecule has 3 aliphatic heterocycles. The summed E-state index contributed by atoms with van der Waals surface area (Å²) in [7, 11) is 0. The van der Waals surface area contributed by atoms with E-state index in [1.165, 1.54) is 63.4 Å². The second kappa shape index (κ2) is 6.61. The summed E-state index contributed by atoms with van der Waals surface area (Å²) in [5.41, 5.74) is 2.76. The number of benzene rings is 1. The zero-order chi connectivity index (χ0) is 21.8. The Kier molecular flexibility index (Phi) is 4.23. The van der Waals surface area contributed by atoms with Crippen molar-refractivity contribution in [1.82, 2.24) is 5.06 Å². The first-order chi connectivity index (χ1) is 15.4. The predicted octanol–water partition coefficient (Wildman–Crippen LogP) is 6.37. The summed E-state index contributed by atoms with van der Waals surface area (Å²) in [5, 5.41) is 2.68. The lowest BCUT2D eigenvalue weighted by Gasteiger charge is -2.75. The number of nitrogens with zero attached hydrogens (tertiary/aromatic N) is 1. The maximum absolute atomic E-state index is 6.96. The largest absolute Gasteiger partial charge is 0.377 e. The van der Waals surface area contributed by atoms with Crippen LogP contribution in [0.25, 0.3) is 0 Å². The van der Waals surface area contributed by atoms with E-state index >= 15 is 0 Å². The van der Waals surface area contributed by atoms with Gasteiger partial charge in [-0.15, -0.1) is 0 Å². The average Bonchev–Trinajstić information content (AvgIpc) is 3.44.